The van der Waals surface area contributed by atoms with Crippen molar-refractivity contribution >= 4 is 5.69 Å². The van der Waals surface area contributed by atoms with Crippen LogP contribution < -0.4 is 14.2 Å². The molecular weight excluding hydrogens is 333 g/mol. The van der Waals surface area contributed by atoms with Gasteiger partial charge < -0.3 is 14.7 Å². The zero-order valence-electron chi connectivity index (χ0n) is 12.5. The Morgan fingerprint density at radius 2 is 1.92 bits per heavy atom. The molecule has 0 N–H and O–H groups in total. The number of alkyl halides is 3. The first-order valence-electron chi connectivity index (χ1n) is 6.44. The summed E-state index contributed by atoms with van der Waals surface area (Å²) in [6, 6.07) is 4.39. The van der Waals surface area contributed by atoms with Crippen LogP contribution in [0.15, 0.2) is 30.5 Å². The number of halogens is 3. The molecule has 0 saturated heterocycles. The summed E-state index contributed by atoms with van der Waals surface area (Å²) in [5, 5.41) is 22.9. The Morgan fingerprint density at radius 3 is 2.42 bits per heavy atom. The molecule has 10 heteroatoms. The molecule has 0 unspecified atom stereocenters. The molecule has 0 spiro atoms. The van der Waals surface area contributed by atoms with Crippen molar-refractivity contribution in [1.82, 2.24) is 0 Å². The highest BCUT2D eigenvalue weighted by Crippen LogP contribution is 2.35. The van der Waals surface area contributed by atoms with Crippen molar-refractivity contribution < 1.29 is 32.3 Å². The summed E-state index contributed by atoms with van der Waals surface area (Å²) >= 11 is 0. The highest BCUT2D eigenvalue weighted by atomic mass is 19.4. The van der Waals surface area contributed by atoms with Gasteiger partial charge in [-0.2, -0.15) is 4.73 Å². The SMILES string of the molecule is COc1cc(OC(F)(F)F)ccc1-c1c(C)cc([N+](=O)[O-])c[n+]1[O-]. The Labute approximate surface area is 133 Å². The molecule has 1 aromatic heterocycles. The van der Waals surface area contributed by atoms with Crippen LogP contribution in [-0.2, 0) is 0 Å². The van der Waals surface area contributed by atoms with E-state index in [4.69, 9.17) is 4.74 Å². The monoisotopic (exact) mass is 344 g/mol. The minimum atomic E-state index is -4.87. The number of aromatic nitrogens is 1. The Balaban J connectivity index is 2.55. The van der Waals surface area contributed by atoms with Gasteiger partial charge in [-0.15, -0.1) is 13.2 Å². The van der Waals surface area contributed by atoms with Crippen LogP contribution in [0.3, 0.4) is 0 Å². The lowest BCUT2D eigenvalue weighted by atomic mass is 10.0. The van der Waals surface area contributed by atoms with Gasteiger partial charge in [-0.25, -0.2) is 0 Å². The van der Waals surface area contributed by atoms with Gasteiger partial charge in [-0.05, 0) is 19.1 Å². The number of rotatable bonds is 4. The lowest BCUT2D eigenvalue weighted by Gasteiger charge is -2.14. The van der Waals surface area contributed by atoms with E-state index in [1.54, 1.807) is 0 Å². The first-order valence-corrected chi connectivity index (χ1v) is 6.44. The van der Waals surface area contributed by atoms with Crippen LogP contribution >= 0.6 is 0 Å². The minimum Gasteiger partial charge on any atom is -0.618 e. The van der Waals surface area contributed by atoms with Crippen molar-refractivity contribution in [2.24, 2.45) is 0 Å². The molecule has 0 aliphatic heterocycles. The van der Waals surface area contributed by atoms with Crippen molar-refractivity contribution in [2.45, 2.75) is 13.3 Å². The lowest BCUT2D eigenvalue weighted by molar-refractivity contribution is -0.598. The van der Waals surface area contributed by atoms with E-state index >= 15 is 0 Å². The molecule has 1 aromatic carbocycles. The maximum atomic E-state index is 12.3. The predicted octanol–water partition coefficient (Wildman–Crippen LogP) is 3.11. The number of nitrogens with zero attached hydrogens (tertiary/aromatic N) is 2. The summed E-state index contributed by atoms with van der Waals surface area (Å²) in [5.74, 6) is -0.557. The average molecular weight is 344 g/mol. The van der Waals surface area contributed by atoms with Gasteiger partial charge in [0.1, 0.15) is 11.5 Å². The van der Waals surface area contributed by atoms with E-state index in [0.717, 1.165) is 18.3 Å². The fourth-order valence-corrected chi connectivity index (χ4v) is 2.18. The average Bonchev–Trinajstić information content (AvgIpc) is 2.45. The standard InChI is InChI=1S/C14H11F3N2O5/c1-8-5-9(19(21)22)7-18(20)13(8)11-4-3-10(6-12(11)23-2)24-14(15,16)17/h3-7H,1-2H3. The number of hydrogen-bond acceptors (Lipinski definition) is 5. The number of hydrogen-bond donors (Lipinski definition) is 0. The molecule has 0 bridgehead atoms. The number of aryl methyl sites for hydroxylation is 1. The highest BCUT2D eigenvalue weighted by Gasteiger charge is 2.32. The highest BCUT2D eigenvalue weighted by molar-refractivity contribution is 5.69. The van der Waals surface area contributed by atoms with Crippen LogP contribution in [0.4, 0.5) is 18.9 Å². The van der Waals surface area contributed by atoms with E-state index in [1.165, 1.54) is 26.2 Å². The molecule has 128 valence electrons. The number of ether oxygens (including phenoxy) is 2. The molecule has 2 rings (SSSR count). The molecule has 0 atom stereocenters. The molecule has 1 heterocycles. The summed E-state index contributed by atoms with van der Waals surface area (Å²) in [6.45, 7) is 1.47. The summed E-state index contributed by atoms with van der Waals surface area (Å²) < 4.78 is 45.9. The fourth-order valence-electron chi connectivity index (χ4n) is 2.18. The Kier molecular flexibility index (Phi) is 4.49. The summed E-state index contributed by atoms with van der Waals surface area (Å²) in [6.07, 6.45) is -4.10. The van der Waals surface area contributed by atoms with E-state index in [9.17, 15) is 28.5 Å². The Hall–Kier alpha value is -3.04. The number of benzene rings is 1. The van der Waals surface area contributed by atoms with Crippen LogP contribution in [0, 0.1) is 22.2 Å². The number of nitro groups is 1. The van der Waals surface area contributed by atoms with E-state index in [0.29, 0.717) is 0 Å². The molecule has 7 nitrogen and oxygen atoms in total. The quantitative estimate of drug-likeness (QED) is 0.368. The van der Waals surface area contributed by atoms with Crippen LogP contribution in [0.1, 0.15) is 5.56 Å². The van der Waals surface area contributed by atoms with Gasteiger partial charge in [0.2, 0.25) is 5.69 Å². The molecular formula is C14H11F3N2O5. The minimum absolute atomic E-state index is 0.0241. The molecule has 0 aliphatic carbocycles. The predicted molar refractivity (Wildman–Crippen MR) is 75.5 cm³/mol. The van der Waals surface area contributed by atoms with Crippen LogP contribution in [-0.4, -0.2) is 18.4 Å². The second-order valence-corrected chi connectivity index (χ2v) is 4.72. The molecule has 2 aromatic rings. The zero-order valence-corrected chi connectivity index (χ0v) is 12.5. The van der Waals surface area contributed by atoms with Crippen molar-refractivity contribution in [2.75, 3.05) is 7.11 Å². The molecule has 0 saturated carbocycles. The van der Waals surface area contributed by atoms with Gasteiger partial charge in [-0.3, -0.25) is 10.1 Å². The topological polar surface area (TPSA) is 88.5 Å². The van der Waals surface area contributed by atoms with E-state index in [1.807, 2.05) is 0 Å². The van der Waals surface area contributed by atoms with Crippen LogP contribution in [0.5, 0.6) is 11.5 Å². The fraction of sp³-hybridized carbons (Fsp3) is 0.214. The van der Waals surface area contributed by atoms with Crippen molar-refractivity contribution in [1.29, 1.82) is 0 Å². The van der Waals surface area contributed by atoms with Gasteiger partial charge in [-0.1, -0.05) is 0 Å². The van der Waals surface area contributed by atoms with Crippen molar-refractivity contribution in [3.63, 3.8) is 0 Å². The molecule has 0 radical (unpaired) electrons. The van der Waals surface area contributed by atoms with E-state index < -0.39 is 22.7 Å². The van der Waals surface area contributed by atoms with Crippen molar-refractivity contribution in [3.8, 4) is 22.8 Å². The van der Waals surface area contributed by atoms with Gasteiger partial charge >= 0.3 is 12.0 Å². The molecule has 0 fully saturated rings. The molecule has 0 aliphatic rings. The Morgan fingerprint density at radius 1 is 1.25 bits per heavy atom. The first-order chi connectivity index (χ1) is 11.1. The molecule has 0 amide bonds. The summed E-state index contributed by atoms with van der Waals surface area (Å²) in [4.78, 5) is 10.0. The van der Waals surface area contributed by atoms with Crippen LogP contribution in [0.2, 0.25) is 0 Å². The second-order valence-electron chi connectivity index (χ2n) is 4.72. The third-order valence-corrected chi connectivity index (χ3v) is 3.08. The second kappa shape index (κ2) is 6.22. The van der Waals surface area contributed by atoms with E-state index in [2.05, 4.69) is 4.74 Å². The smallest absolute Gasteiger partial charge is 0.573 e. The molecule has 24 heavy (non-hydrogen) atoms. The lowest BCUT2D eigenvalue weighted by Crippen LogP contribution is -2.30. The number of methoxy groups -OCH3 is 1. The normalized spacial score (nSPS) is 11.2. The van der Waals surface area contributed by atoms with Gasteiger partial charge in [0.05, 0.1) is 17.6 Å². The van der Waals surface area contributed by atoms with Crippen molar-refractivity contribution in [3.05, 3.63) is 51.3 Å². The van der Waals surface area contributed by atoms with Gasteiger partial charge in [0.25, 0.3) is 6.20 Å². The van der Waals surface area contributed by atoms with Crippen LogP contribution in [0.25, 0.3) is 11.3 Å². The summed E-state index contributed by atoms with van der Waals surface area (Å²) in [5.41, 5.74) is 0.0645. The largest absolute Gasteiger partial charge is 0.618 e. The van der Waals surface area contributed by atoms with Gasteiger partial charge in [0, 0.05) is 17.7 Å². The number of pyridine rings is 1. The Bertz CT molecular complexity index is 769. The first kappa shape index (κ1) is 17.3. The third-order valence-electron chi connectivity index (χ3n) is 3.08. The maximum Gasteiger partial charge on any atom is 0.573 e. The third kappa shape index (κ3) is 3.65. The van der Waals surface area contributed by atoms with E-state index in [-0.39, 0.29) is 27.3 Å². The summed E-state index contributed by atoms with van der Waals surface area (Å²) in [7, 11) is 1.21. The van der Waals surface area contributed by atoms with Gasteiger partial charge in [0.15, 0.2) is 0 Å². The zero-order chi connectivity index (χ0) is 18.1. The maximum absolute atomic E-state index is 12.3.